The van der Waals surface area contributed by atoms with Crippen LogP contribution >= 0.6 is 0 Å². The van der Waals surface area contributed by atoms with Gasteiger partial charge in [0, 0.05) is 0 Å². The van der Waals surface area contributed by atoms with Gasteiger partial charge in [0.1, 0.15) is 18.5 Å². The minimum absolute atomic E-state index is 0.333. The minimum atomic E-state index is 0.333. The first-order valence-electron chi connectivity index (χ1n) is 6.20. The zero-order valence-electron chi connectivity index (χ0n) is 10.2. The van der Waals surface area contributed by atoms with Crippen LogP contribution in [0.25, 0.3) is 0 Å². The summed E-state index contributed by atoms with van der Waals surface area (Å²) in [6.45, 7) is 5.93. The smallest absolute Gasteiger partial charge is 0.125 e. The SMILES string of the molecule is CCCc1cccc(CC)c1OCC1CO1. The summed E-state index contributed by atoms with van der Waals surface area (Å²) < 4.78 is 11.1. The largest absolute Gasteiger partial charge is 0.490 e. The second-order valence-corrected chi connectivity index (χ2v) is 4.28. The lowest BCUT2D eigenvalue weighted by molar-refractivity contribution is 0.259. The zero-order valence-corrected chi connectivity index (χ0v) is 10.2. The fraction of sp³-hybridized carbons (Fsp3) is 0.571. The average molecular weight is 220 g/mol. The van der Waals surface area contributed by atoms with E-state index >= 15 is 0 Å². The van der Waals surface area contributed by atoms with Gasteiger partial charge in [0.2, 0.25) is 0 Å². The second-order valence-electron chi connectivity index (χ2n) is 4.28. The Kier molecular flexibility index (Phi) is 3.83. The van der Waals surface area contributed by atoms with E-state index in [1.54, 1.807) is 0 Å². The average Bonchev–Trinajstić information content (AvgIpc) is 3.11. The Hall–Kier alpha value is -1.02. The van der Waals surface area contributed by atoms with Gasteiger partial charge in [0.05, 0.1) is 6.61 Å². The van der Waals surface area contributed by atoms with Gasteiger partial charge < -0.3 is 9.47 Å². The predicted octanol–water partition coefficient (Wildman–Crippen LogP) is 2.98. The van der Waals surface area contributed by atoms with Crippen LogP contribution in [0.4, 0.5) is 0 Å². The molecule has 0 radical (unpaired) electrons. The Morgan fingerprint density at radius 1 is 1.31 bits per heavy atom. The van der Waals surface area contributed by atoms with E-state index in [2.05, 4.69) is 32.0 Å². The lowest BCUT2D eigenvalue weighted by atomic mass is 10.0. The fourth-order valence-electron chi connectivity index (χ4n) is 1.91. The van der Waals surface area contributed by atoms with Gasteiger partial charge in [0.15, 0.2) is 0 Å². The topological polar surface area (TPSA) is 21.8 Å². The van der Waals surface area contributed by atoms with E-state index < -0.39 is 0 Å². The fourth-order valence-corrected chi connectivity index (χ4v) is 1.91. The van der Waals surface area contributed by atoms with Crippen molar-refractivity contribution >= 4 is 0 Å². The molecular weight excluding hydrogens is 200 g/mol. The molecule has 1 fully saturated rings. The molecule has 0 aliphatic carbocycles. The Morgan fingerprint density at radius 3 is 2.69 bits per heavy atom. The van der Waals surface area contributed by atoms with E-state index in [4.69, 9.17) is 9.47 Å². The first-order valence-corrected chi connectivity index (χ1v) is 6.20. The number of ether oxygens (including phenoxy) is 2. The van der Waals surface area contributed by atoms with Crippen molar-refractivity contribution in [3.8, 4) is 5.75 Å². The summed E-state index contributed by atoms with van der Waals surface area (Å²) in [5.41, 5.74) is 2.65. The van der Waals surface area contributed by atoms with E-state index in [0.717, 1.165) is 31.6 Å². The van der Waals surface area contributed by atoms with Gasteiger partial charge in [0.25, 0.3) is 0 Å². The maximum Gasteiger partial charge on any atom is 0.125 e. The van der Waals surface area contributed by atoms with Crippen molar-refractivity contribution in [1.29, 1.82) is 0 Å². The Morgan fingerprint density at radius 2 is 2.06 bits per heavy atom. The van der Waals surface area contributed by atoms with Crippen LogP contribution in [0.15, 0.2) is 18.2 Å². The summed E-state index contributed by atoms with van der Waals surface area (Å²) in [5.74, 6) is 1.10. The van der Waals surface area contributed by atoms with Crippen LogP contribution in [-0.2, 0) is 17.6 Å². The molecule has 0 saturated carbocycles. The first-order chi connectivity index (χ1) is 7.85. The van der Waals surface area contributed by atoms with E-state index in [1.165, 1.54) is 11.1 Å². The molecular formula is C14H20O2. The molecule has 1 aromatic carbocycles. The van der Waals surface area contributed by atoms with Crippen LogP contribution in [0.3, 0.4) is 0 Å². The molecule has 1 saturated heterocycles. The molecule has 1 aromatic rings. The van der Waals surface area contributed by atoms with Gasteiger partial charge in [-0.3, -0.25) is 0 Å². The van der Waals surface area contributed by atoms with Crippen molar-refractivity contribution in [3.05, 3.63) is 29.3 Å². The molecule has 1 atom stereocenters. The minimum Gasteiger partial charge on any atom is -0.490 e. The normalized spacial score (nSPS) is 18.5. The monoisotopic (exact) mass is 220 g/mol. The highest BCUT2D eigenvalue weighted by Gasteiger charge is 2.23. The molecule has 2 nitrogen and oxygen atoms in total. The maximum atomic E-state index is 5.91. The molecule has 0 N–H and O–H groups in total. The van der Waals surface area contributed by atoms with E-state index in [9.17, 15) is 0 Å². The van der Waals surface area contributed by atoms with Gasteiger partial charge >= 0.3 is 0 Å². The van der Waals surface area contributed by atoms with Crippen LogP contribution in [0.5, 0.6) is 5.75 Å². The molecule has 0 aromatic heterocycles. The number of hydrogen-bond acceptors (Lipinski definition) is 2. The summed E-state index contributed by atoms with van der Waals surface area (Å²) in [4.78, 5) is 0. The van der Waals surface area contributed by atoms with Crippen LogP contribution in [0, 0.1) is 0 Å². The highest BCUT2D eigenvalue weighted by Crippen LogP contribution is 2.27. The number of rotatable bonds is 6. The summed E-state index contributed by atoms with van der Waals surface area (Å²) in [6.07, 6.45) is 3.61. The Labute approximate surface area is 97.6 Å². The molecule has 0 spiro atoms. The predicted molar refractivity (Wildman–Crippen MR) is 65.1 cm³/mol. The highest BCUT2D eigenvalue weighted by molar-refractivity contribution is 5.41. The van der Waals surface area contributed by atoms with Crippen molar-refractivity contribution in [2.75, 3.05) is 13.2 Å². The third kappa shape index (κ3) is 2.76. The van der Waals surface area contributed by atoms with Crippen molar-refractivity contribution in [3.63, 3.8) is 0 Å². The van der Waals surface area contributed by atoms with Crippen molar-refractivity contribution in [2.45, 2.75) is 39.2 Å². The second kappa shape index (κ2) is 5.35. The first kappa shape index (κ1) is 11.5. The number of benzene rings is 1. The van der Waals surface area contributed by atoms with Gasteiger partial charge in [-0.05, 0) is 24.0 Å². The molecule has 1 heterocycles. The molecule has 16 heavy (non-hydrogen) atoms. The van der Waals surface area contributed by atoms with Gasteiger partial charge in [-0.1, -0.05) is 38.5 Å². The van der Waals surface area contributed by atoms with Crippen LogP contribution < -0.4 is 4.74 Å². The molecule has 0 bridgehead atoms. The number of epoxide rings is 1. The Bertz CT molecular complexity index is 343. The van der Waals surface area contributed by atoms with E-state index in [-0.39, 0.29) is 0 Å². The van der Waals surface area contributed by atoms with Crippen LogP contribution in [0.1, 0.15) is 31.4 Å². The molecule has 88 valence electrons. The summed E-state index contributed by atoms with van der Waals surface area (Å²) in [5, 5.41) is 0. The van der Waals surface area contributed by atoms with Gasteiger partial charge in [-0.15, -0.1) is 0 Å². The molecule has 1 aliphatic heterocycles. The Balaban J connectivity index is 2.13. The van der Waals surface area contributed by atoms with Crippen LogP contribution in [-0.4, -0.2) is 19.3 Å². The van der Waals surface area contributed by atoms with Crippen molar-refractivity contribution < 1.29 is 9.47 Å². The summed E-state index contributed by atoms with van der Waals surface area (Å²) in [6, 6.07) is 6.46. The quantitative estimate of drug-likeness (QED) is 0.687. The third-order valence-corrected chi connectivity index (χ3v) is 2.89. The zero-order chi connectivity index (χ0) is 11.4. The van der Waals surface area contributed by atoms with Crippen molar-refractivity contribution in [1.82, 2.24) is 0 Å². The lowest BCUT2D eigenvalue weighted by Crippen LogP contribution is -2.08. The highest BCUT2D eigenvalue weighted by atomic mass is 16.6. The summed E-state index contributed by atoms with van der Waals surface area (Å²) >= 11 is 0. The third-order valence-electron chi connectivity index (χ3n) is 2.89. The summed E-state index contributed by atoms with van der Waals surface area (Å²) in [7, 11) is 0. The molecule has 2 rings (SSSR count). The number of hydrogen-bond donors (Lipinski definition) is 0. The standard InChI is InChI=1S/C14H20O2/c1-3-6-12-8-5-7-11(4-2)14(12)16-10-13-9-15-13/h5,7-8,13H,3-4,6,9-10H2,1-2H3. The molecule has 2 heteroatoms. The molecule has 1 aliphatic rings. The van der Waals surface area contributed by atoms with E-state index in [0.29, 0.717) is 12.7 Å². The van der Waals surface area contributed by atoms with E-state index in [1.807, 2.05) is 0 Å². The van der Waals surface area contributed by atoms with Gasteiger partial charge in [-0.25, -0.2) is 0 Å². The number of para-hydroxylation sites is 1. The van der Waals surface area contributed by atoms with Crippen molar-refractivity contribution in [2.24, 2.45) is 0 Å². The van der Waals surface area contributed by atoms with Crippen LogP contribution in [0.2, 0.25) is 0 Å². The molecule has 1 unspecified atom stereocenters. The maximum absolute atomic E-state index is 5.91. The van der Waals surface area contributed by atoms with Gasteiger partial charge in [-0.2, -0.15) is 0 Å². The lowest BCUT2D eigenvalue weighted by Gasteiger charge is -2.14. The number of aryl methyl sites for hydroxylation is 2. The molecule has 0 amide bonds.